The third-order valence-corrected chi connectivity index (χ3v) is 30.0. The predicted molar refractivity (Wildman–Crippen MR) is 525 cm³/mol. The lowest BCUT2D eigenvalue weighted by Crippen LogP contribution is -2.28. The molecule has 738 valence electrons. The molecule has 0 aliphatic heterocycles. The van der Waals surface area contributed by atoms with Crippen molar-refractivity contribution in [3.8, 4) is 0 Å². The van der Waals surface area contributed by atoms with Crippen molar-refractivity contribution in [3.63, 3.8) is 0 Å². The van der Waals surface area contributed by atoms with Gasteiger partial charge in [0.2, 0.25) is 0 Å². The SMILES string of the molecule is CC(C)C1CCC(C(=O)CC(Cc2cccc(F)c2)C(=O)O)CC1.Cc1ccc(CC(CC(=O)C2CCC(C(C)C)CC2)C(=O)O)cc1.Cc1ccc(CC(CC(=O)C2CCC(C(C)C)CC2)C(=O)O)cc1.Cc1ccc(CC(CC(=O)C2CCC(C(C)C)CC2)C(=O)O)cc1.O=C(O)C(CC(=O)C1CCCC1)Cc1ccccc1.O=C(O)C(CC(=O)C1CCCC1)Cc1ccccc1F. The highest BCUT2D eigenvalue weighted by atomic mass is 19.1. The zero-order valence-electron chi connectivity index (χ0n) is 82.3. The van der Waals surface area contributed by atoms with Crippen molar-refractivity contribution < 1.29 is 97.0 Å². The summed E-state index contributed by atoms with van der Waals surface area (Å²) < 4.78 is 26.8. The minimum absolute atomic E-state index is 0.00522. The van der Waals surface area contributed by atoms with Crippen molar-refractivity contribution >= 4 is 70.5 Å². The molecular weight excluding hydrogens is 1710 g/mol. The topological polar surface area (TPSA) is 326 Å². The minimum atomic E-state index is -1.03. The highest BCUT2D eigenvalue weighted by molar-refractivity contribution is 5.89. The number of carbonyl (C=O) groups is 12. The van der Waals surface area contributed by atoms with Crippen LogP contribution in [0.3, 0.4) is 0 Å². The summed E-state index contributed by atoms with van der Waals surface area (Å²) in [7, 11) is 0. The molecule has 6 unspecified atom stereocenters. The van der Waals surface area contributed by atoms with Crippen LogP contribution in [0.5, 0.6) is 0 Å². The lowest BCUT2D eigenvalue weighted by atomic mass is 9.74. The van der Waals surface area contributed by atoms with E-state index < -0.39 is 77.1 Å². The van der Waals surface area contributed by atoms with E-state index in [2.05, 4.69) is 55.4 Å². The van der Waals surface area contributed by atoms with Gasteiger partial charge in [0, 0.05) is 74.0 Å². The molecule has 135 heavy (non-hydrogen) atoms. The lowest BCUT2D eigenvalue weighted by Gasteiger charge is -2.30. The van der Waals surface area contributed by atoms with E-state index in [1.807, 2.05) is 124 Å². The Bertz CT molecular complexity index is 4430. The first-order valence-electron chi connectivity index (χ1n) is 50.4. The van der Waals surface area contributed by atoms with Gasteiger partial charge in [-0.25, -0.2) is 8.78 Å². The average molecular weight is 1860 g/mol. The molecule has 6 aromatic rings. The molecule has 20 heteroatoms. The van der Waals surface area contributed by atoms with Gasteiger partial charge >= 0.3 is 35.8 Å². The van der Waals surface area contributed by atoms with E-state index in [-0.39, 0.29) is 127 Å². The number of Topliss-reactive ketones (excluding diaryl/α,β-unsaturated/α-hetero) is 6. The van der Waals surface area contributed by atoms with Crippen molar-refractivity contribution in [3.05, 3.63) is 213 Å². The molecular formula is C115H156F2O18. The number of carboxylic acid groups (broad SMARTS) is 6. The smallest absolute Gasteiger partial charge is 0.307 e. The molecule has 6 aliphatic carbocycles. The summed E-state index contributed by atoms with van der Waals surface area (Å²) in [5.41, 5.74) is 8.40. The number of halogens is 2. The first-order chi connectivity index (χ1) is 64.2. The van der Waals surface area contributed by atoms with Crippen LogP contribution in [0.25, 0.3) is 0 Å². The summed E-state index contributed by atoms with van der Waals surface area (Å²) in [6.07, 6.45) is 26.7. The number of carbonyl (C=O) groups excluding carboxylic acids is 6. The van der Waals surface area contributed by atoms with Gasteiger partial charge in [0.05, 0.1) is 35.5 Å². The maximum absolute atomic E-state index is 13.6. The van der Waals surface area contributed by atoms with Crippen LogP contribution in [-0.4, -0.2) is 101 Å². The molecule has 6 aromatic carbocycles. The summed E-state index contributed by atoms with van der Waals surface area (Å²) in [5.74, 6) is -3.78. The van der Waals surface area contributed by atoms with Gasteiger partial charge in [0.15, 0.2) is 0 Å². The third kappa shape index (κ3) is 39.9. The molecule has 6 aliphatic rings. The van der Waals surface area contributed by atoms with Gasteiger partial charge in [-0.3, -0.25) is 57.5 Å². The lowest BCUT2D eigenvalue weighted by molar-refractivity contribution is -0.144. The van der Waals surface area contributed by atoms with Gasteiger partial charge in [-0.05, 0) is 287 Å². The van der Waals surface area contributed by atoms with Crippen LogP contribution < -0.4 is 0 Å². The Balaban J connectivity index is 0.000000221. The number of ketones is 6. The van der Waals surface area contributed by atoms with Crippen molar-refractivity contribution in [1.82, 2.24) is 0 Å². The van der Waals surface area contributed by atoms with E-state index in [1.165, 1.54) is 18.2 Å². The molecule has 6 fully saturated rings. The summed E-state index contributed by atoms with van der Waals surface area (Å²) in [4.78, 5) is 143. The second-order valence-corrected chi connectivity index (χ2v) is 41.5. The van der Waals surface area contributed by atoms with E-state index in [0.717, 1.165) is 211 Å². The zero-order chi connectivity index (χ0) is 99.0. The fourth-order valence-corrected chi connectivity index (χ4v) is 20.7. The molecule has 0 radical (unpaired) electrons. The van der Waals surface area contributed by atoms with E-state index in [4.69, 9.17) is 0 Å². The largest absolute Gasteiger partial charge is 0.481 e. The monoisotopic (exact) mass is 1860 g/mol. The first-order valence-corrected chi connectivity index (χ1v) is 50.4. The van der Waals surface area contributed by atoms with E-state index >= 15 is 0 Å². The van der Waals surface area contributed by atoms with Gasteiger partial charge in [-0.1, -0.05) is 231 Å². The van der Waals surface area contributed by atoms with Gasteiger partial charge in [0.1, 0.15) is 46.3 Å². The summed E-state index contributed by atoms with van der Waals surface area (Å²) >= 11 is 0. The van der Waals surface area contributed by atoms with Crippen LogP contribution in [0.2, 0.25) is 0 Å². The van der Waals surface area contributed by atoms with Gasteiger partial charge in [-0.15, -0.1) is 0 Å². The maximum atomic E-state index is 13.6. The first kappa shape index (κ1) is 112. The Morgan fingerprint density at radius 1 is 0.252 bits per heavy atom. The van der Waals surface area contributed by atoms with Crippen molar-refractivity contribution in [2.24, 2.45) is 118 Å². The molecule has 6 atom stereocenters. The van der Waals surface area contributed by atoms with Crippen molar-refractivity contribution in [2.45, 2.75) is 307 Å². The fourth-order valence-electron chi connectivity index (χ4n) is 20.7. The van der Waals surface area contributed by atoms with Crippen molar-refractivity contribution in [2.75, 3.05) is 0 Å². The number of carboxylic acids is 6. The van der Waals surface area contributed by atoms with Gasteiger partial charge in [0.25, 0.3) is 0 Å². The van der Waals surface area contributed by atoms with Crippen LogP contribution in [0.1, 0.15) is 298 Å². The van der Waals surface area contributed by atoms with Crippen LogP contribution in [0.15, 0.2) is 152 Å². The second-order valence-electron chi connectivity index (χ2n) is 41.5. The number of rotatable bonds is 40. The molecule has 0 heterocycles. The number of hydrogen-bond donors (Lipinski definition) is 6. The Hall–Kier alpha value is -9.98. The summed E-state index contributed by atoms with van der Waals surface area (Å²) in [6, 6.07) is 45.3. The Morgan fingerprint density at radius 3 is 0.704 bits per heavy atom. The van der Waals surface area contributed by atoms with E-state index in [9.17, 15) is 97.0 Å². The quantitative estimate of drug-likeness (QED) is 0.0208. The maximum Gasteiger partial charge on any atom is 0.307 e. The Kier molecular flexibility index (Phi) is 48.1. The van der Waals surface area contributed by atoms with Crippen LogP contribution in [0.4, 0.5) is 8.78 Å². The van der Waals surface area contributed by atoms with Crippen LogP contribution in [-0.2, 0) is 96.1 Å². The molecule has 6 saturated carbocycles. The van der Waals surface area contributed by atoms with E-state index in [1.54, 1.807) is 30.3 Å². The number of benzene rings is 6. The van der Waals surface area contributed by atoms with Gasteiger partial charge in [-0.2, -0.15) is 0 Å². The zero-order valence-corrected chi connectivity index (χ0v) is 82.3. The highest BCUT2D eigenvalue weighted by Crippen LogP contribution is 2.41. The molecule has 18 nitrogen and oxygen atoms in total. The molecule has 0 bridgehead atoms. The second kappa shape index (κ2) is 57.9. The fraction of sp³-hybridized carbons (Fsp3) is 0.583. The minimum Gasteiger partial charge on any atom is -0.481 e. The highest BCUT2D eigenvalue weighted by Gasteiger charge is 2.38. The summed E-state index contributed by atoms with van der Waals surface area (Å²) in [5, 5.41) is 56.4. The number of aryl methyl sites for hydroxylation is 3. The van der Waals surface area contributed by atoms with Crippen LogP contribution >= 0.6 is 0 Å². The Labute approximate surface area is 802 Å². The average Bonchev–Trinajstić information content (AvgIpc) is 1.10. The van der Waals surface area contributed by atoms with Crippen LogP contribution in [0, 0.1) is 151 Å². The molecule has 12 rings (SSSR count). The molecule has 0 saturated heterocycles. The normalized spacial score (nSPS) is 20.8. The third-order valence-electron chi connectivity index (χ3n) is 30.0. The number of hydrogen-bond acceptors (Lipinski definition) is 12. The predicted octanol–water partition coefficient (Wildman–Crippen LogP) is 24.8. The molecule has 6 N–H and O–H groups in total. The standard InChI is InChI=1S/3C21H30O3.C20H27FO3.C16H19FO3.C16H20O3/c3*1-14(2)17-8-10-18(11-9-17)20(22)13-19(21(23)24)12-16-6-4-15(3)5-7-16;1-13(2)15-6-8-16(9-7-15)19(22)12-17(20(23)24)10-14-4-3-5-18(21)11-14;17-14-8-4-3-7-12(14)9-13(16(19)20)10-15(18)11-5-1-2-6-11;17-15(13-8-4-5-9-13)11-14(16(18)19)10-12-6-2-1-3-7-12/h3*4-7,14,17-19H,8-13H2,1-3H3,(H,23,24);3-5,11,13,15-17H,6-10,12H2,1-2H3,(H,23,24);3-4,7-8,11,13H,1-2,5-6,9-10H2,(H,19,20);1-3,6-7,13-14H,4-5,8-11H2,(H,18,19). The Morgan fingerprint density at radius 2 is 0.467 bits per heavy atom. The van der Waals surface area contributed by atoms with Gasteiger partial charge < -0.3 is 30.6 Å². The molecule has 0 spiro atoms. The molecule has 0 aromatic heterocycles. The molecule has 0 amide bonds. The summed E-state index contributed by atoms with van der Waals surface area (Å²) in [6.45, 7) is 23.9. The van der Waals surface area contributed by atoms with Crippen molar-refractivity contribution in [1.29, 1.82) is 0 Å². The number of aliphatic carboxylic acids is 6. The van der Waals surface area contributed by atoms with E-state index in [0.29, 0.717) is 66.4 Å².